The molecule has 2 N–H and O–H groups in total. The molecule has 0 bridgehead atoms. The number of rotatable bonds is 8. The molecule has 2 unspecified atom stereocenters. The van der Waals surface area contributed by atoms with Gasteiger partial charge in [-0.2, -0.15) is 0 Å². The standard InChI is InChI=1S/C25H31N3O4/c1-5-26-24(30)22-23(19-9-11-20(12-10-19)27-21(29)13-16(2)3)32-25(31)28(22)15-18-8-6-7-17(4)14-18/h6-12,14,16,22-23H,5,13,15H2,1-4H3,(H,26,30)(H,27,29). The minimum atomic E-state index is -0.788. The Morgan fingerprint density at radius 3 is 2.47 bits per heavy atom. The van der Waals surface area contributed by atoms with E-state index in [9.17, 15) is 14.4 Å². The second-order valence-corrected chi connectivity index (χ2v) is 8.53. The molecule has 1 aliphatic rings. The predicted molar refractivity (Wildman–Crippen MR) is 123 cm³/mol. The number of carbonyl (C=O) groups excluding carboxylic acids is 3. The average molecular weight is 438 g/mol. The molecule has 170 valence electrons. The van der Waals surface area contributed by atoms with E-state index in [1.54, 1.807) is 24.3 Å². The monoisotopic (exact) mass is 437 g/mol. The fourth-order valence-electron chi connectivity index (χ4n) is 3.83. The summed E-state index contributed by atoms with van der Waals surface area (Å²) in [5.41, 5.74) is 3.37. The molecule has 0 aliphatic carbocycles. The summed E-state index contributed by atoms with van der Waals surface area (Å²) < 4.78 is 5.65. The highest BCUT2D eigenvalue weighted by Crippen LogP contribution is 2.34. The van der Waals surface area contributed by atoms with Gasteiger partial charge in [-0.05, 0) is 43.0 Å². The number of anilines is 1. The van der Waals surface area contributed by atoms with Crippen molar-refractivity contribution in [2.45, 2.75) is 52.8 Å². The summed E-state index contributed by atoms with van der Waals surface area (Å²) in [5, 5.41) is 5.69. The highest BCUT2D eigenvalue weighted by molar-refractivity contribution is 5.91. The van der Waals surface area contributed by atoms with Crippen molar-refractivity contribution in [3.8, 4) is 0 Å². The van der Waals surface area contributed by atoms with Crippen molar-refractivity contribution in [2.75, 3.05) is 11.9 Å². The molecule has 7 heteroatoms. The van der Waals surface area contributed by atoms with E-state index >= 15 is 0 Å². The number of cyclic esters (lactones) is 1. The molecule has 0 saturated carbocycles. The Labute approximate surface area is 189 Å². The summed E-state index contributed by atoms with van der Waals surface area (Å²) in [7, 11) is 0. The first-order valence-corrected chi connectivity index (χ1v) is 11.0. The van der Waals surface area contributed by atoms with Gasteiger partial charge < -0.3 is 15.4 Å². The molecule has 7 nitrogen and oxygen atoms in total. The lowest BCUT2D eigenvalue weighted by molar-refractivity contribution is -0.126. The van der Waals surface area contributed by atoms with Crippen LogP contribution in [-0.2, 0) is 20.9 Å². The summed E-state index contributed by atoms with van der Waals surface area (Å²) >= 11 is 0. The minimum absolute atomic E-state index is 0.0513. The zero-order valence-corrected chi connectivity index (χ0v) is 19.1. The molecular formula is C25H31N3O4. The van der Waals surface area contributed by atoms with Crippen LogP contribution in [0.2, 0.25) is 0 Å². The summed E-state index contributed by atoms with van der Waals surface area (Å²) in [6.45, 7) is 8.53. The van der Waals surface area contributed by atoms with Crippen molar-refractivity contribution in [3.63, 3.8) is 0 Å². The largest absolute Gasteiger partial charge is 0.438 e. The quantitative estimate of drug-likeness (QED) is 0.649. The molecule has 2 aromatic carbocycles. The lowest BCUT2D eigenvalue weighted by Crippen LogP contribution is -2.46. The molecule has 3 amide bonds. The summed E-state index contributed by atoms with van der Waals surface area (Å²) in [6, 6.07) is 14.1. The molecule has 3 rings (SSSR count). The first-order valence-electron chi connectivity index (χ1n) is 11.0. The van der Waals surface area contributed by atoms with Crippen LogP contribution >= 0.6 is 0 Å². The topological polar surface area (TPSA) is 87.7 Å². The maximum absolute atomic E-state index is 12.9. The van der Waals surface area contributed by atoms with E-state index in [0.717, 1.165) is 11.1 Å². The number of nitrogens with zero attached hydrogens (tertiary/aromatic N) is 1. The van der Waals surface area contributed by atoms with Crippen LogP contribution in [0.5, 0.6) is 0 Å². The molecule has 0 aromatic heterocycles. The average Bonchev–Trinajstić information content (AvgIpc) is 3.04. The van der Waals surface area contributed by atoms with Crippen LogP contribution in [0.25, 0.3) is 0 Å². The Bertz CT molecular complexity index is 971. The third-order valence-corrected chi connectivity index (χ3v) is 5.26. The normalized spacial score (nSPS) is 17.9. The Morgan fingerprint density at radius 2 is 1.84 bits per heavy atom. The summed E-state index contributed by atoms with van der Waals surface area (Å²) in [4.78, 5) is 39.2. The van der Waals surface area contributed by atoms with Gasteiger partial charge in [0.25, 0.3) is 0 Å². The first-order chi connectivity index (χ1) is 15.3. The van der Waals surface area contributed by atoms with Crippen LogP contribution < -0.4 is 10.6 Å². The van der Waals surface area contributed by atoms with E-state index in [4.69, 9.17) is 4.74 Å². The molecule has 1 saturated heterocycles. The molecule has 0 radical (unpaired) electrons. The van der Waals surface area contributed by atoms with Crippen molar-refractivity contribution in [1.29, 1.82) is 0 Å². The number of likely N-dealkylation sites (N-methyl/N-ethyl adjacent to an activating group) is 1. The van der Waals surface area contributed by atoms with Crippen LogP contribution in [0.4, 0.5) is 10.5 Å². The van der Waals surface area contributed by atoms with Crippen molar-refractivity contribution < 1.29 is 19.1 Å². The number of ether oxygens (including phenoxy) is 1. The van der Waals surface area contributed by atoms with Gasteiger partial charge in [0.2, 0.25) is 11.8 Å². The van der Waals surface area contributed by atoms with Gasteiger partial charge in [-0.3, -0.25) is 14.5 Å². The fourth-order valence-corrected chi connectivity index (χ4v) is 3.83. The van der Waals surface area contributed by atoms with E-state index in [0.29, 0.717) is 24.2 Å². The molecule has 1 aliphatic heterocycles. The van der Waals surface area contributed by atoms with Gasteiger partial charge >= 0.3 is 6.09 Å². The molecule has 1 fully saturated rings. The van der Waals surface area contributed by atoms with Crippen LogP contribution in [0, 0.1) is 12.8 Å². The lowest BCUT2D eigenvalue weighted by Gasteiger charge is -2.24. The van der Waals surface area contributed by atoms with E-state index in [1.165, 1.54) is 4.90 Å². The lowest BCUT2D eigenvalue weighted by atomic mass is 10.00. The van der Waals surface area contributed by atoms with Crippen LogP contribution in [0.1, 0.15) is 50.0 Å². The van der Waals surface area contributed by atoms with Gasteiger partial charge in [0, 0.05) is 18.7 Å². The first kappa shape index (κ1) is 23.3. The molecule has 32 heavy (non-hydrogen) atoms. The van der Waals surface area contributed by atoms with E-state index in [2.05, 4.69) is 10.6 Å². The number of benzene rings is 2. The van der Waals surface area contributed by atoms with Gasteiger partial charge in [0.1, 0.15) is 0 Å². The highest BCUT2D eigenvalue weighted by Gasteiger charge is 2.46. The van der Waals surface area contributed by atoms with Crippen molar-refractivity contribution in [3.05, 3.63) is 65.2 Å². The fraction of sp³-hybridized carbons (Fsp3) is 0.400. The van der Waals surface area contributed by atoms with Gasteiger partial charge in [-0.1, -0.05) is 55.8 Å². The van der Waals surface area contributed by atoms with Gasteiger partial charge in [-0.15, -0.1) is 0 Å². The van der Waals surface area contributed by atoms with Crippen LogP contribution in [0.15, 0.2) is 48.5 Å². The summed E-state index contributed by atoms with van der Waals surface area (Å²) in [6.07, 6.45) is -0.823. The number of amides is 3. The number of hydrogen-bond acceptors (Lipinski definition) is 4. The molecule has 0 spiro atoms. The number of hydrogen-bond donors (Lipinski definition) is 2. The molecule has 2 atom stereocenters. The van der Waals surface area contributed by atoms with Crippen molar-refractivity contribution >= 4 is 23.6 Å². The molecular weight excluding hydrogens is 406 g/mol. The van der Waals surface area contributed by atoms with Gasteiger partial charge in [-0.25, -0.2) is 4.79 Å². The van der Waals surface area contributed by atoms with E-state index < -0.39 is 18.2 Å². The van der Waals surface area contributed by atoms with Crippen LogP contribution in [0.3, 0.4) is 0 Å². The molecule has 1 heterocycles. The Kier molecular flexibility index (Phi) is 7.51. The Balaban J connectivity index is 1.82. The van der Waals surface area contributed by atoms with Gasteiger partial charge in [0.15, 0.2) is 12.1 Å². The van der Waals surface area contributed by atoms with Crippen molar-refractivity contribution in [1.82, 2.24) is 10.2 Å². The SMILES string of the molecule is CCNC(=O)C1C(c2ccc(NC(=O)CC(C)C)cc2)OC(=O)N1Cc1cccc(C)c1. The number of carbonyl (C=O) groups is 3. The Hall–Kier alpha value is -3.35. The third-order valence-electron chi connectivity index (χ3n) is 5.26. The number of aryl methyl sites for hydroxylation is 1. The highest BCUT2D eigenvalue weighted by atomic mass is 16.6. The van der Waals surface area contributed by atoms with E-state index in [-0.39, 0.29) is 24.3 Å². The van der Waals surface area contributed by atoms with Crippen LogP contribution in [-0.4, -0.2) is 35.4 Å². The summed E-state index contributed by atoms with van der Waals surface area (Å²) in [5.74, 6) is -0.0423. The zero-order chi connectivity index (χ0) is 23.3. The predicted octanol–water partition coefficient (Wildman–Crippen LogP) is 4.18. The number of nitrogens with one attached hydrogen (secondary N) is 2. The van der Waals surface area contributed by atoms with E-state index in [1.807, 2.05) is 52.0 Å². The maximum atomic E-state index is 12.9. The zero-order valence-electron chi connectivity index (χ0n) is 19.1. The minimum Gasteiger partial charge on any atom is -0.438 e. The second-order valence-electron chi connectivity index (χ2n) is 8.53. The smallest absolute Gasteiger partial charge is 0.411 e. The molecule has 2 aromatic rings. The van der Waals surface area contributed by atoms with Gasteiger partial charge in [0.05, 0.1) is 6.54 Å². The maximum Gasteiger partial charge on any atom is 0.411 e. The second kappa shape index (κ2) is 10.3. The third kappa shape index (κ3) is 5.66. The van der Waals surface area contributed by atoms with Crippen molar-refractivity contribution in [2.24, 2.45) is 5.92 Å². The Morgan fingerprint density at radius 1 is 1.12 bits per heavy atom.